The molecule has 2 nitrogen and oxygen atoms in total. The van der Waals surface area contributed by atoms with E-state index in [-0.39, 0.29) is 24.3 Å². The van der Waals surface area contributed by atoms with Crippen molar-refractivity contribution in [1.82, 2.24) is 4.98 Å². The van der Waals surface area contributed by atoms with Gasteiger partial charge in [-0.15, -0.1) is 23.7 Å². The number of fused-ring (bicyclic) bond motifs is 1. The number of rotatable bonds is 1. The molecule has 0 aliphatic rings. The molecule has 1 aromatic carbocycles. The van der Waals surface area contributed by atoms with Crippen LogP contribution in [0.5, 0.6) is 0 Å². The van der Waals surface area contributed by atoms with Crippen LogP contribution in [-0.4, -0.2) is 4.98 Å². The van der Waals surface area contributed by atoms with Gasteiger partial charge >= 0.3 is 0 Å². The Morgan fingerprint density at radius 3 is 2.86 bits per heavy atom. The Kier molecular flexibility index (Phi) is 3.42. The molecule has 0 aliphatic heterocycles. The van der Waals surface area contributed by atoms with E-state index in [2.05, 4.69) is 4.98 Å². The number of hydrogen-bond donors (Lipinski definition) is 1. The van der Waals surface area contributed by atoms with Gasteiger partial charge in [-0.2, -0.15) is 0 Å². The largest absolute Gasteiger partial charge is 0.322 e. The lowest BCUT2D eigenvalue weighted by atomic mass is 10.3. The fourth-order valence-electron chi connectivity index (χ4n) is 1.11. The quantitative estimate of drug-likeness (QED) is 0.821. The smallest absolute Gasteiger partial charge is 0.124 e. The van der Waals surface area contributed by atoms with E-state index >= 15 is 0 Å². The molecule has 14 heavy (non-hydrogen) atoms. The first-order valence-corrected chi connectivity index (χ1v) is 4.80. The van der Waals surface area contributed by atoms with Crippen LogP contribution in [0, 0.1) is 5.82 Å². The zero-order valence-electron chi connectivity index (χ0n) is 7.53. The van der Waals surface area contributed by atoms with Gasteiger partial charge < -0.3 is 5.73 Å². The topological polar surface area (TPSA) is 38.9 Å². The molecule has 0 aliphatic carbocycles. The Balaban J connectivity index is 0.000000980. The molecule has 2 aromatic rings. The number of benzene rings is 1. The van der Waals surface area contributed by atoms with E-state index in [9.17, 15) is 4.39 Å². The summed E-state index contributed by atoms with van der Waals surface area (Å²) in [7, 11) is 0. The van der Waals surface area contributed by atoms with Crippen LogP contribution in [0.4, 0.5) is 4.39 Å². The monoisotopic (exact) mass is 232 g/mol. The first kappa shape index (κ1) is 11.4. The van der Waals surface area contributed by atoms with Crippen molar-refractivity contribution >= 4 is 34.0 Å². The van der Waals surface area contributed by atoms with Gasteiger partial charge in [0.25, 0.3) is 0 Å². The minimum atomic E-state index is -0.229. The Bertz CT molecular complexity index is 441. The lowest BCUT2D eigenvalue weighted by Crippen LogP contribution is -2.03. The van der Waals surface area contributed by atoms with Crippen LogP contribution in [0.25, 0.3) is 10.2 Å². The lowest BCUT2D eigenvalue weighted by molar-refractivity contribution is 0.630. The molecule has 0 fully saturated rings. The highest BCUT2D eigenvalue weighted by molar-refractivity contribution is 7.18. The Morgan fingerprint density at radius 2 is 2.21 bits per heavy atom. The van der Waals surface area contributed by atoms with Crippen LogP contribution in [0.1, 0.15) is 18.0 Å². The van der Waals surface area contributed by atoms with Crippen LogP contribution in [-0.2, 0) is 0 Å². The molecule has 0 saturated heterocycles. The second-order valence-electron chi connectivity index (χ2n) is 2.95. The molecule has 5 heteroatoms. The van der Waals surface area contributed by atoms with Gasteiger partial charge in [-0.3, -0.25) is 0 Å². The summed E-state index contributed by atoms with van der Waals surface area (Å²) in [4.78, 5) is 4.28. The molecular formula is C9H10ClFN2S. The fourth-order valence-corrected chi connectivity index (χ4v) is 2.06. The predicted molar refractivity (Wildman–Crippen MR) is 59.4 cm³/mol. The average molecular weight is 233 g/mol. The Hall–Kier alpha value is -0.710. The maximum atomic E-state index is 12.8. The molecule has 0 saturated carbocycles. The fraction of sp³-hybridized carbons (Fsp3) is 0.222. The standard InChI is InChI=1S/C9H9FN2S.ClH/c1-5(11)9-12-7-3-2-6(10)4-8(7)13-9;/h2-5H,11H2,1H3;1H/t5-;/m1./s1. The number of aromatic nitrogens is 1. The molecule has 76 valence electrons. The van der Waals surface area contributed by atoms with Crippen LogP contribution in [0.15, 0.2) is 18.2 Å². The zero-order valence-corrected chi connectivity index (χ0v) is 9.16. The van der Waals surface area contributed by atoms with Crippen LogP contribution in [0.3, 0.4) is 0 Å². The van der Waals surface area contributed by atoms with E-state index in [1.807, 2.05) is 6.92 Å². The third-order valence-electron chi connectivity index (χ3n) is 1.76. The number of nitrogens with zero attached hydrogens (tertiary/aromatic N) is 1. The van der Waals surface area contributed by atoms with E-state index in [0.29, 0.717) is 0 Å². The molecule has 1 atom stereocenters. The van der Waals surface area contributed by atoms with Gasteiger partial charge in [0.15, 0.2) is 0 Å². The van der Waals surface area contributed by atoms with E-state index in [1.165, 1.54) is 23.5 Å². The van der Waals surface area contributed by atoms with E-state index in [1.54, 1.807) is 6.07 Å². The van der Waals surface area contributed by atoms with Crippen LogP contribution >= 0.6 is 23.7 Å². The maximum Gasteiger partial charge on any atom is 0.124 e. The molecule has 1 heterocycles. The normalized spacial score (nSPS) is 12.5. The first-order chi connectivity index (χ1) is 6.16. The third kappa shape index (κ3) is 2.03. The van der Waals surface area contributed by atoms with Gasteiger partial charge in [-0.05, 0) is 25.1 Å². The van der Waals surface area contributed by atoms with Gasteiger partial charge in [-0.25, -0.2) is 9.37 Å². The molecule has 0 unspecified atom stereocenters. The van der Waals surface area contributed by atoms with E-state index in [4.69, 9.17) is 5.73 Å². The summed E-state index contributed by atoms with van der Waals surface area (Å²) in [6.45, 7) is 1.87. The van der Waals surface area contributed by atoms with Crippen molar-refractivity contribution in [3.8, 4) is 0 Å². The van der Waals surface area contributed by atoms with Crippen molar-refractivity contribution in [2.45, 2.75) is 13.0 Å². The molecule has 1 aromatic heterocycles. The number of thiazole rings is 1. The van der Waals surface area contributed by atoms with Gasteiger partial charge in [0.1, 0.15) is 10.8 Å². The van der Waals surface area contributed by atoms with Crippen molar-refractivity contribution < 1.29 is 4.39 Å². The molecule has 2 N–H and O–H groups in total. The summed E-state index contributed by atoms with van der Waals surface area (Å²) in [5.74, 6) is -0.229. The highest BCUT2D eigenvalue weighted by Gasteiger charge is 2.07. The van der Waals surface area contributed by atoms with Crippen molar-refractivity contribution in [3.63, 3.8) is 0 Å². The lowest BCUT2D eigenvalue weighted by Gasteiger charge is -1.95. The van der Waals surface area contributed by atoms with Gasteiger partial charge in [0.2, 0.25) is 0 Å². The summed E-state index contributed by atoms with van der Waals surface area (Å²) in [5.41, 5.74) is 6.49. The summed E-state index contributed by atoms with van der Waals surface area (Å²) in [6, 6.07) is 4.49. The minimum Gasteiger partial charge on any atom is -0.322 e. The highest BCUT2D eigenvalue weighted by atomic mass is 35.5. The number of hydrogen-bond acceptors (Lipinski definition) is 3. The summed E-state index contributed by atoms with van der Waals surface area (Å²) >= 11 is 1.44. The predicted octanol–water partition coefficient (Wildman–Crippen LogP) is 2.88. The number of nitrogens with two attached hydrogens (primary N) is 1. The summed E-state index contributed by atoms with van der Waals surface area (Å²) in [5, 5.41) is 0.848. The first-order valence-electron chi connectivity index (χ1n) is 3.98. The third-order valence-corrected chi connectivity index (χ3v) is 2.98. The van der Waals surface area contributed by atoms with Crippen molar-refractivity contribution in [2.24, 2.45) is 5.73 Å². The molecule has 0 bridgehead atoms. The number of halogens is 2. The minimum absolute atomic E-state index is 0. The van der Waals surface area contributed by atoms with Gasteiger partial charge in [0, 0.05) is 0 Å². The molecule has 0 amide bonds. The van der Waals surface area contributed by atoms with Crippen molar-refractivity contribution in [1.29, 1.82) is 0 Å². The van der Waals surface area contributed by atoms with E-state index < -0.39 is 0 Å². The van der Waals surface area contributed by atoms with Crippen molar-refractivity contribution in [3.05, 3.63) is 29.0 Å². The molecular weight excluding hydrogens is 223 g/mol. The second kappa shape index (κ2) is 4.21. The van der Waals surface area contributed by atoms with Crippen LogP contribution < -0.4 is 5.73 Å². The Labute approximate surface area is 91.4 Å². The summed E-state index contributed by atoms with van der Waals surface area (Å²) < 4.78 is 13.6. The average Bonchev–Trinajstić information content (AvgIpc) is 2.46. The summed E-state index contributed by atoms with van der Waals surface area (Å²) in [6.07, 6.45) is 0. The van der Waals surface area contributed by atoms with Gasteiger partial charge in [0.05, 0.1) is 16.3 Å². The van der Waals surface area contributed by atoms with E-state index in [0.717, 1.165) is 15.2 Å². The molecule has 0 spiro atoms. The van der Waals surface area contributed by atoms with Gasteiger partial charge in [-0.1, -0.05) is 0 Å². The second-order valence-corrected chi connectivity index (χ2v) is 4.02. The zero-order chi connectivity index (χ0) is 9.42. The maximum absolute atomic E-state index is 12.8. The Morgan fingerprint density at radius 1 is 1.50 bits per heavy atom. The SMILES string of the molecule is C[C@@H](N)c1nc2ccc(F)cc2s1.Cl. The highest BCUT2D eigenvalue weighted by Crippen LogP contribution is 2.25. The van der Waals surface area contributed by atoms with Crippen LogP contribution in [0.2, 0.25) is 0 Å². The molecule has 2 rings (SSSR count). The van der Waals surface area contributed by atoms with Crippen molar-refractivity contribution in [2.75, 3.05) is 0 Å². The molecule has 0 radical (unpaired) electrons.